The van der Waals surface area contributed by atoms with Crippen molar-refractivity contribution in [3.63, 3.8) is 0 Å². The van der Waals surface area contributed by atoms with E-state index in [1.807, 2.05) is 0 Å². The van der Waals surface area contributed by atoms with Crippen molar-refractivity contribution in [1.82, 2.24) is 14.4 Å². The lowest BCUT2D eigenvalue weighted by atomic mass is 10.0. The molecule has 0 spiro atoms. The molecule has 0 aliphatic carbocycles. The summed E-state index contributed by atoms with van der Waals surface area (Å²) in [6, 6.07) is 17.1. The van der Waals surface area contributed by atoms with E-state index in [0.29, 0.717) is 22.4 Å². The van der Waals surface area contributed by atoms with Gasteiger partial charge in [-0.2, -0.15) is 44.0 Å². The number of fused-ring (bicyclic) bond motifs is 6. The minimum absolute atomic E-state index is 0.00629. The van der Waals surface area contributed by atoms with E-state index >= 15 is 0 Å². The van der Waals surface area contributed by atoms with Gasteiger partial charge in [-0.25, -0.2) is 9.97 Å². The molecule has 0 aliphatic rings. The van der Waals surface area contributed by atoms with Gasteiger partial charge in [-0.1, -0.05) is 23.5 Å². The fourth-order valence-electron chi connectivity index (χ4n) is 7.82. The molecule has 8 rings (SSSR count). The molecule has 408 valence electrons. The highest BCUT2D eigenvalue weighted by atomic mass is 32.2. The molecule has 0 atom stereocenters. The average molecular weight is 1190 g/mol. The van der Waals surface area contributed by atoms with Gasteiger partial charge in [-0.05, 0) is 85.0 Å². The van der Waals surface area contributed by atoms with Crippen LogP contribution in [0.15, 0.2) is 112 Å². The maximum absolute atomic E-state index is 12.6. The van der Waals surface area contributed by atoms with Crippen LogP contribution in [0.4, 0.5) is 33.6 Å². The van der Waals surface area contributed by atoms with Gasteiger partial charge < -0.3 is 25.2 Å². The number of hydrogen-bond acceptors (Lipinski definition) is 24. The van der Waals surface area contributed by atoms with E-state index in [4.69, 9.17) is 4.74 Å². The second kappa shape index (κ2) is 22.7. The number of nitriles is 1. The van der Waals surface area contributed by atoms with E-state index in [2.05, 4.69) is 46.7 Å². The number of hydrogen-bond donors (Lipinski definition) is 8. The Labute approximate surface area is 450 Å². The van der Waals surface area contributed by atoms with Crippen molar-refractivity contribution in [3.8, 4) is 17.7 Å². The van der Waals surface area contributed by atoms with Crippen molar-refractivity contribution in [2.24, 2.45) is 30.7 Å². The number of benzene rings is 5. The lowest BCUT2D eigenvalue weighted by Gasteiger charge is -2.13. The number of azo groups is 3. The third kappa shape index (κ3) is 12.6. The summed E-state index contributed by atoms with van der Waals surface area (Å²) in [7, 11) is -18.6. The largest absolute Gasteiger partial charge is 0.493 e. The molecule has 0 radical (unpaired) electrons. The monoisotopic (exact) mass is 1180 g/mol. The Bertz CT molecular complexity index is 4350. The van der Waals surface area contributed by atoms with Gasteiger partial charge in [0.2, 0.25) is 11.0 Å². The Hall–Kier alpha value is -7.04. The summed E-state index contributed by atoms with van der Waals surface area (Å²) < 4.78 is 142. The highest BCUT2D eigenvalue weighted by Gasteiger charge is 2.25. The standard InChI is InChI=1S/C45H40N10O17S6/c1-23-30(19-46)43-47-31-6-2-3-7-36(31)55(43)44(59)40(23)53-51-34-13-25(21-57)32(17-37(34)72-8-4-10-75(60,61)62)49-52-35-14-26(22-58)33(18-38(35)73-9-5-11-76(63,64)65)50-54-45-48-41-39(78(69,70)71)16-28-24(20-56)12-27(77(66,67)68)15-29(28)42(41)74-45/h2-3,6-7,12-18,56-59H,4-5,8-11,20-22H2,1H3,(H,60,61,62)(H,63,64,65)(H,66,67,68)(H,69,70,71). The molecule has 8 N–H and O–H groups in total. The summed E-state index contributed by atoms with van der Waals surface area (Å²) in [4.78, 5) is 7.57. The minimum Gasteiger partial charge on any atom is -0.493 e. The number of aromatic nitrogens is 3. The lowest BCUT2D eigenvalue weighted by Crippen LogP contribution is -2.08. The van der Waals surface area contributed by atoms with Crippen LogP contribution < -0.4 is 4.74 Å². The molecule has 3 heterocycles. The van der Waals surface area contributed by atoms with Crippen LogP contribution in [-0.4, -0.2) is 111 Å². The number of para-hydroxylation sites is 2. The Morgan fingerprint density at radius 1 is 0.705 bits per heavy atom. The fraction of sp³-hybridized carbons (Fsp3) is 0.222. The Kier molecular flexibility index (Phi) is 16.7. The molecule has 3 aromatic heterocycles. The van der Waals surface area contributed by atoms with Gasteiger partial charge in [0.25, 0.3) is 40.5 Å². The number of rotatable bonds is 21. The molecule has 0 amide bonds. The molecular formula is C45H40N10O17S6. The first-order chi connectivity index (χ1) is 36.8. The number of ether oxygens (including phenoxy) is 1. The van der Waals surface area contributed by atoms with Crippen LogP contribution in [0, 0.1) is 18.3 Å². The van der Waals surface area contributed by atoms with Crippen LogP contribution in [-0.2, 0) is 60.3 Å². The maximum Gasteiger partial charge on any atom is 0.296 e. The van der Waals surface area contributed by atoms with E-state index in [9.17, 15) is 77.6 Å². The molecule has 0 fully saturated rings. The third-order valence-electron chi connectivity index (χ3n) is 11.4. The van der Waals surface area contributed by atoms with Crippen molar-refractivity contribution in [2.75, 3.05) is 23.9 Å². The smallest absolute Gasteiger partial charge is 0.296 e. The first kappa shape index (κ1) is 57.1. The number of imidazole rings is 1. The third-order valence-corrected chi connectivity index (χ3v) is 16.9. The van der Waals surface area contributed by atoms with Crippen LogP contribution in [0.2, 0.25) is 0 Å². The first-order valence-corrected chi connectivity index (χ1v) is 30.2. The van der Waals surface area contributed by atoms with Crippen molar-refractivity contribution in [1.29, 1.82) is 5.26 Å². The topological polar surface area (TPSA) is 436 Å². The molecule has 0 unspecified atom stereocenters. The molecule has 0 aliphatic heterocycles. The van der Waals surface area contributed by atoms with E-state index in [1.54, 1.807) is 24.3 Å². The first-order valence-electron chi connectivity index (χ1n) is 22.3. The van der Waals surface area contributed by atoms with Crippen LogP contribution in [0.1, 0.15) is 40.7 Å². The van der Waals surface area contributed by atoms with Crippen molar-refractivity contribution < 1.29 is 77.0 Å². The van der Waals surface area contributed by atoms with Gasteiger partial charge in [0.1, 0.15) is 33.5 Å². The van der Waals surface area contributed by atoms with E-state index < -0.39 is 87.5 Å². The normalized spacial score (nSPS) is 12.9. The van der Waals surface area contributed by atoms with Crippen LogP contribution in [0.3, 0.4) is 0 Å². The van der Waals surface area contributed by atoms with Crippen LogP contribution in [0.5, 0.6) is 11.6 Å². The second-order valence-corrected chi connectivity index (χ2v) is 24.7. The maximum atomic E-state index is 12.6. The molecule has 27 nitrogen and oxygen atoms in total. The molecule has 5 aromatic carbocycles. The number of aliphatic hydroxyl groups is 3. The predicted molar refractivity (Wildman–Crippen MR) is 282 cm³/mol. The zero-order chi connectivity index (χ0) is 56.5. The average Bonchev–Trinajstić information content (AvgIpc) is 4.12. The predicted octanol–water partition coefficient (Wildman–Crippen LogP) is 8.38. The number of thiazole rings is 1. The fourth-order valence-corrected chi connectivity index (χ4v) is 12.2. The van der Waals surface area contributed by atoms with Crippen molar-refractivity contribution >= 4 is 135 Å². The zero-order valence-electron chi connectivity index (χ0n) is 39.9. The molecule has 0 bridgehead atoms. The summed E-state index contributed by atoms with van der Waals surface area (Å²) in [6.07, 6.45) is -0.281. The summed E-state index contributed by atoms with van der Waals surface area (Å²) in [5.41, 5.74) is 0.726. The molecule has 78 heavy (non-hydrogen) atoms. The summed E-state index contributed by atoms with van der Waals surface area (Å²) in [6.45, 7) is -1.02. The van der Waals surface area contributed by atoms with Gasteiger partial charge in [-0.3, -0.25) is 22.6 Å². The van der Waals surface area contributed by atoms with Crippen molar-refractivity contribution in [3.05, 3.63) is 94.5 Å². The SMILES string of the molecule is Cc1c(N=Nc2cc(CO)c(N=Nc3cc(CO)c(N=Nc4nc5c(S(=O)(=O)O)cc6c(CO)cc(S(=O)(=O)O)cc6c5s4)cc3SCCCS(=O)(=O)O)cc2OCCCS(=O)(=O)O)c(O)n2c(nc3ccccc32)c1C#N. The zero-order valence-corrected chi connectivity index (χ0v) is 44.8. The molecule has 8 aromatic rings. The van der Waals surface area contributed by atoms with Crippen LogP contribution in [0.25, 0.3) is 37.7 Å². The Morgan fingerprint density at radius 3 is 1.99 bits per heavy atom. The summed E-state index contributed by atoms with van der Waals surface area (Å²) in [5.74, 6) is -1.79. The van der Waals surface area contributed by atoms with E-state index in [1.165, 1.54) is 35.6 Å². The number of aliphatic hydroxyl groups excluding tert-OH is 3. The summed E-state index contributed by atoms with van der Waals surface area (Å²) in [5, 5.41) is 78.3. The highest BCUT2D eigenvalue weighted by Crippen LogP contribution is 2.45. The van der Waals surface area contributed by atoms with E-state index in [0.717, 1.165) is 30.0 Å². The van der Waals surface area contributed by atoms with Gasteiger partial charge in [0.05, 0.1) is 75.6 Å². The van der Waals surface area contributed by atoms with Gasteiger partial charge in [0.15, 0.2) is 11.3 Å². The highest BCUT2D eigenvalue weighted by molar-refractivity contribution is 7.99. The van der Waals surface area contributed by atoms with Gasteiger partial charge >= 0.3 is 0 Å². The molecule has 0 saturated carbocycles. The van der Waals surface area contributed by atoms with Gasteiger partial charge in [0, 0.05) is 33.0 Å². The number of nitrogens with zero attached hydrogens (tertiary/aromatic N) is 10. The minimum atomic E-state index is -5.02. The second-order valence-electron chi connectivity index (χ2n) is 16.7. The lowest BCUT2D eigenvalue weighted by molar-refractivity contribution is 0.281. The van der Waals surface area contributed by atoms with Crippen LogP contribution >= 0.6 is 23.1 Å². The Balaban J connectivity index is 1.21. The number of pyridine rings is 1. The van der Waals surface area contributed by atoms with Crippen molar-refractivity contribution in [2.45, 2.75) is 54.3 Å². The molecular weight excluding hydrogens is 1140 g/mol. The van der Waals surface area contributed by atoms with Gasteiger partial charge in [-0.15, -0.1) is 37.3 Å². The Morgan fingerprint density at radius 2 is 1.33 bits per heavy atom. The quantitative estimate of drug-likeness (QED) is 0.0145. The number of aromatic hydroxyl groups is 1. The summed E-state index contributed by atoms with van der Waals surface area (Å²) >= 11 is 1.69. The number of thioether (sulfide) groups is 1. The van der Waals surface area contributed by atoms with E-state index in [-0.39, 0.29) is 124 Å². The molecule has 33 heteroatoms. The molecule has 0 saturated heterocycles.